The molecule has 7 heteroatoms. The number of hydrogen-bond acceptors (Lipinski definition) is 5. The molecule has 0 saturated heterocycles. The van der Waals surface area contributed by atoms with Gasteiger partial charge in [-0.2, -0.15) is 0 Å². The zero-order valence-corrected chi connectivity index (χ0v) is 11.7. The van der Waals surface area contributed by atoms with Crippen LogP contribution in [0.2, 0.25) is 5.02 Å². The van der Waals surface area contributed by atoms with Crippen LogP contribution in [0.3, 0.4) is 0 Å². The third-order valence-electron chi connectivity index (χ3n) is 2.63. The van der Waals surface area contributed by atoms with Crippen LogP contribution < -0.4 is 4.74 Å². The highest BCUT2D eigenvalue weighted by Gasteiger charge is 2.19. The summed E-state index contributed by atoms with van der Waals surface area (Å²) in [6.45, 7) is 0. The standard InChI is InChI=1S/C14H10ClNO5/c1-20-14(17)10-8-9(15)6-7-12(10)21-13-5-3-2-4-11(13)16(18)19/h2-8H,1H3. The summed E-state index contributed by atoms with van der Waals surface area (Å²) < 4.78 is 10.1. The minimum Gasteiger partial charge on any atom is -0.465 e. The SMILES string of the molecule is COC(=O)c1cc(Cl)ccc1Oc1ccccc1[N+](=O)[O-]. The molecule has 0 saturated carbocycles. The van der Waals surface area contributed by atoms with Crippen LogP contribution in [-0.2, 0) is 4.74 Å². The number of carbonyl (C=O) groups excluding carboxylic acids is 1. The zero-order chi connectivity index (χ0) is 15.4. The molecule has 0 atom stereocenters. The van der Waals surface area contributed by atoms with Gasteiger partial charge in [0.15, 0.2) is 0 Å². The van der Waals surface area contributed by atoms with E-state index in [1.54, 1.807) is 6.07 Å². The summed E-state index contributed by atoms with van der Waals surface area (Å²) in [7, 11) is 1.22. The molecule has 2 aromatic rings. The molecule has 0 spiro atoms. The zero-order valence-electron chi connectivity index (χ0n) is 10.9. The Bertz CT molecular complexity index is 702. The molecule has 0 fully saturated rings. The van der Waals surface area contributed by atoms with Gasteiger partial charge in [0.25, 0.3) is 0 Å². The number of esters is 1. The summed E-state index contributed by atoms with van der Waals surface area (Å²) in [5.74, 6) is -0.499. The Morgan fingerprint density at radius 2 is 1.90 bits per heavy atom. The van der Waals surface area contributed by atoms with E-state index in [4.69, 9.17) is 16.3 Å². The lowest BCUT2D eigenvalue weighted by atomic mass is 10.2. The summed E-state index contributed by atoms with van der Waals surface area (Å²) >= 11 is 5.83. The van der Waals surface area contributed by atoms with Crippen molar-refractivity contribution >= 4 is 23.3 Å². The molecule has 0 aliphatic carbocycles. The number of halogens is 1. The van der Waals surface area contributed by atoms with Gasteiger partial charge in [0.1, 0.15) is 11.3 Å². The minimum absolute atomic E-state index is 0.0231. The van der Waals surface area contributed by atoms with E-state index in [2.05, 4.69) is 4.74 Å². The van der Waals surface area contributed by atoms with E-state index < -0.39 is 10.9 Å². The minimum atomic E-state index is -0.647. The molecule has 2 aromatic carbocycles. The van der Waals surface area contributed by atoms with E-state index in [0.29, 0.717) is 5.02 Å². The number of ether oxygens (including phenoxy) is 2. The van der Waals surface area contributed by atoms with Crippen molar-refractivity contribution in [1.29, 1.82) is 0 Å². The van der Waals surface area contributed by atoms with Crippen molar-refractivity contribution < 1.29 is 19.2 Å². The largest absolute Gasteiger partial charge is 0.465 e. The van der Waals surface area contributed by atoms with Gasteiger partial charge in [-0.15, -0.1) is 0 Å². The average Bonchev–Trinajstić information content (AvgIpc) is 2.48. The Hall–Kier alpha value is -2.60. The van der Waals surface area contributed by atoms with Gasteiger partial charge < -0.3 is 9.47 Å². The van der Waals surface area contributed by atoms with Crippen molar-refractivity contribution in [3.05, 3.63) is 63.2 Å². The van der Waals surface area contributed by atoms with E-state index >= 15 is 0 Å². The first-order valence-corrected chi connectivity index (χ1v) is 6.20. The third-order valence-corrected chi connectivity index (χ3v) is 2.86. The van der Waals surface area contributed by atoms with Crippen molar-refractivity contribution in [3.8, 4) is 11.5 Å². The normalized spacial score (nSPS) is 10.0. The molecule has 0 aliphatic heterocycles. The quantitative estimate of drug-likeness (QED) is 0.487. The smallest absolute Gasteiger partial charge is 0.341 e. The first-order chi connectivity index (χ1) is 10.0. The number of benzene rings is 2. The maximum atomic E-state index is 11.7. The number of methoxy groups -OCH3 is 1. The van der Waals surface area contributed by atoms with Gasteiger partial charge in [0, 0.05) is 11.1 Å². The monoisotopic (exact) mass is 307 g/mol. The van der Waals surface area contributed by atoms with Crippen LogP contribution in [0.5, 0.6) is 11.5 Å². The van der Waals surface area contributed by atoms with Gasteiger partial charge in [0.2, 0.25) is 5.75 Å². The Labute approximate surface area is 125 Å². The summed E-state index contributed by atoms with van der Waals surface area (Å²) in [5, 5.41) is 11.3. The van der Waals surface area contributed by atoms with E-state index in [1.165, 1.54) is 43.5 Å². The highest BCUT2D eigenvalue weighted by molar-refractivity contribution is 6.31. The number of hydrogen-bond donors (Lipinski definition) is 0. The van der Waals surface area contributed by atoms with E-state index in [-0.39, 0.29) is 22.7 Å². The highest BCUT2D eigenvalue weighted by Crippen LogP contribution is 2.33. The van der Waals surface area contributed by atoms with E-state index in [0.717, 1.165) is 0 Å². The maximum Gasteiger partial charge on any atom is 0.341 e. The predicted octanol–water partition coefficient (Wildman–Crippen LogP) is 3.83. The van der Waals surface area contributed by atoms with Crippen LogP contribution in [-0.4, -0.2) is 18.0 Å². The van der Waals surface area contributed by atoms with Crippen LogP contribution in [0.25, 0.3) is 0 Å². The number of nitro benzene ring substituents is 1. The molecule has 0 bridgehead atoms. The van der Waals surface area contributed by atoms with Crippen molar-refractivity contribution in [2.45, 2.75) is 0 Å². The highest BCUT2D eigenvalue weighted by atomic mass is 35.5. The second-order valence-corrected chi connectivity index (χ2v) is 4.40. The Morgan fingerprint density at radius 3 is 2.57 bits per heavy atom. The lowest BCUT2D eigenvalue weighted by Gasteiger charge is -2.10. The molecule has 0 aromatic heterocycles. The summed E-state index contributed by atoms with van der Waals surface area (Å²) in [6, 6.07) is 10.2. The van der Waals surface area contributed by atoms with Crippen molar-refractivity contribution in [3.63, 3.8) is 0 Å². The Kier molecular flexibility index (Phi) is 4.39. The van der Waals surface area contributed by atoms with Gasteiger partial charge in [0.05, 0.1) is 12.0 Å². The van der Waals surface area contributed by atoms with Gasteiger partial charge >= 0.3 is 11.7 Å². The first kappa shape index (κ1) is 14.8. The first-order valence-electron chi connectivity index (χ1n) is 5.82. The second-order valence-electron chi connectivity index (χ2n) is 3.96. The molecular weight excluding hydrogens is 298 g/mol. The molecule has 2 rings (SSSR count). The van der Waals surface area contributed by atoms with Gasteiger partial charge in [-0.05, 0) is 24.3 Å². The number of para-hydroxylation sites is 2. The molecule has 108 valence electrons. The van der Waals surface area contributed by atoms with Gasteiger partial charge in [-0.1, -0.05) is 23.7 Å². The van der Waals surface area contributed by atoms with Crippen molar-refractivity contribution in [1.82, 2.24) is 0 Å². The molecular formula is C14H10ClNO5. The summed E-state index contributed by atoms with van der Waals surface area (Å²) in [4.78, 5) is 22.1. The van der Waals surface area contributed by atoms with Crippen LogP contribution in [0, 0.1) is 10.1 Å². The number of carbonyl (C=O) groups is 1. The Morgan fingerprint density at radius 1 is 1.19 bits per heavy atom. The van der Waals surface area contributed by atoms with Crippen molar-refractivity contribution in [2.75, 3.05) is 7.11 Å². The Balaban J connectivity index is 2.45. The molecule has 0 amide bonds. The topological polar surface area (TPSA) is 78.7 Å². The third kappa shape index (κ3) is 3.29. The van der Waals surface area contributed by atoms with Gasteiger partial charge in [-0.3, -0.25) is 10.1 Å². The average molecular weight is 308 g/mol. The molecule has 21 heavy (non-hydrogen) atoms. The van der Waals surface area contributed by atoms with Gasteiger partial charge in [-0.25, -0.2) is 4.79 Å². The maximum absolute atomic E-state index is 11.7. The fraction of sp³-hybridized carbons (Fsp3) is 0.0714. The molecule has 0 aliphatic rings. The fourth-order valence-corrected chi connectivity index (χ4v) is 1.85. The summed E-state index contributed by atoms with van der Waals surface area (Å²) in [6.07, 6.45) is 0. The molecule has 0 N–H and O–H groups in total. The molecule has 0 unspecified atom stereocenters. The molecule has 0 radical (unpaired) electrons. The van der Waals surface area contributed by atoms with Crippen LogP contribution >= 0.6 is 11.6 Å². The number of rotatable bonds is 4. The van der Waals surface area contributed by atoms with E-state index in [9.17, 15) is 14.9 Å². The molecule has 6 nitrogen and oxygen atoms in total. The predicted molar refractivity (Wildman–Crippen MR) is 76.0 cm³/mol. The summed E-state index contributed by atoms with van der Waals surface area (Å²) in [5.41, 5.74) is -0.119. The number of nitrogens with zero attached hydrogens (tertiary/aromatic N) is 1. The lowest BCUT2D eigenvalue weighted by Crippen LogP contribution is -2.04. The fourth-order valence-electron chi connectivity index (χ4n) is 1.67. The number of nitro groups is 1. The lowest BCUT2D eigenvalue weighted by molar-refractivity contribution is -0.385. The second kappa shape index (κ2) is 6.23. The van der Waals surface area contributed by atoms with Crippen LogP contribution in [0.15, 0.2) is 42.5 Å². The van der Waals surface area contributed by atoms with Crippen LogP contribution in [0.1, 0.15) is 10.4 Å². The van der Waals surface area contributed by atoms with Crippen molar-refractivity contribution in [2.24, 2.45) is 0 Å². The van der Waals surface area contributed by atoms with E-state index in [1.807, 2.05) is 0 Å². The molecule has 0 heterocycles. The van der Waals surface area contributed by atoms with Crippen LogP contribution in [0.4, 0.5) is 5.69 Å².